The van der Waals surface area contributed by atoms with Gasteiger partial charge in [-0.2, -0.15) is 0 Å². The van der Waals surface area contributed by atoms with E-state index in [4.69, 9.17) is 11.6 Å². The van der Waals surface area contributed by atoms with Crippen molar-refractivity contribution in [3.05, 3.63) is 87.5 Å². The minimum atomic E-state index is -4.03. The smallest absolute Gasteiger partial charge is 0.308 e. The van der Waals surface area contributed by atoms with Crippen molar-refractivity contribution in [3.8, 4) is 0 Å². The molecule has 0 fully saturated rings. The summed E-state index contributed by atoms with van der Waals surface area (Å²) >= 11 is 7.18. The molecule has 0 unspecified atom stereocenters. The van der Waals surface area contributed by atoms with Gasteiger partial charge in [0.05, 0.1) is 20.8 Å². The number of fused-ring (bicyclic) bond motifs is 1. The van der Waals surface area contributed by atoms with Crippen LogP contribution in [0.3, 0.4) is 0 Å². The Morgan fingerprint density at radius 1 is 1.06 bits per heavy atom. The van der Waals surface area contributed by atoms with E-state index in [-0.39, 0.29) is 15.5 Å². The summed E-state index contributed by atoms with van der Waals surface area (Å²) in [6.45, 7) is 1.99. The van der Waals surface area contributed by atoms with Crippen LogP contribution in [0.15, 0.2) is 82.5 Å². The molecule has 0 saturated carbocycles. The molecule has 4 aromatic rings. The maximum absolute atomic E-state index is 13.3. The van der Waals surface area contributed by atoms with E-state index >= 15 is 0 Å². The maximum atomic E-state index is 13.3. The van der Waals surface area contributed by atoms with Crippen LogP contribution >= 0.6 is 22.9 Å². The van der Waals surface area contributed by atoms with Gasteiger partial charge in [-0.05, 0) is 55.5 Å². The van der Waals surface area contributed by atoms with Crippen LogP contribution in [0.4, 0.5) is 11.4 Å². The average molecular weight is 502 g/mol. The molecular formula is C23H20ClN3O4S2. The zero-order valence-corrected chi connectivity index (χ0v) is 20.0. The van der Waals surface area contributed by atoms with Gasteiger partial charge in [0.1, 0.15) is 6.54 Å². The summed E-state index contributed by atoms with van der Waals surface area (Å²) in [7, 11) is -4.03. The van der Waals surface area contributed by atoms with Gasteiger partial charge in [-0.15, -0.1) is 0 Å². The van der Waals surface area contributed by atoms with E-state index in [1.807, 2.05) is 6.92 Å². The van der Waals surface area contributed by atoms with Crippen LogP contribution in [0.5, 0.6) is 0 Å². The van der Waals surface area contributed by atoms with E-state index in [2.05, 4.69) is 5.32 Å². The number of hydrogen-bond donors (Lipinski definition) is 1. The summed E-state index contributed by atoms with van der Waals surface area (Å²) in [5.74, 6) is -0.531. The van der Waals surface area contributed by atoms with Gasteiger partial charge in [0.15, 0.2) is 0 Å². The summed E-state index contributed by atoms with van der Waals surface area (Å²) in [5, 5.41) is 3.09. The lowest BCUT2D eigenvalue weighted by molar-refractivity contribution is -0.114. The predicted molar refractivity (Wildman–Crippen MR) is 133 cm³/mol. The standard InChI is InChI=1S/C23H20ClN3O4S2/c1-2-26-20-12-11-17(14-21(20)32-23(26)29)25-22(28)15-27(18-8-6-7-16(24)13-18)33(30,31)19-9-4-3-5-10-19/h3-14H,2,15H2,1H3,(H,25,28). The van der Waals surface area contributed by atoms with E-state index in [1.165, 1.54) is 18.2 Å². The largest absolute Gasteiger partial charge is 0.324 e. The molecule has 0 aliphatic rings. The topological polar surface area (TPSA) is 88.5 Å². The summed E-state index contributed by atoms with van der Waals surface area (Å²) in [6, 6.07) is 19.4. The molecule has 0 bridgehead atoms. The number of sulfonamides is 1. The first-order chi connectivity index (χ1) is 15.8. The SMILES string of the molecule is CCn1c(=O)sc2cc(NC(=O)CN(c3cccc(Cl)c3)S(=O)(=O)c3ccccc3)ccc21. The predicted octanol–water partition coefficient (Wildman–Crippen LogP) is 4.57. The third-order valence-electron chi connectivity index (χ3n) is 4.98. The fourth-order valence-electron chi connectivity index (χ4n) is 3.44. The lowest BCUT2D eigenvalue weighted by atomic mass is 10.3. The van der Waals surface area contributed by atoms with E-state index in [0.717, 1.165) is 25.9 Å². The van der Waals surface area contributed by atoms with Gasteiger partial charge < -0.3 is 5.32 Å². The second-order valence-corrected chi connectivity index (χ2v) is 10.4. The molecule has 1 aromatic heterocycles. The highest BCUT2D eigenvalue weighted by atomic mass is 35.5. The Balaban J connectivity index is 1.64. The number of anilines is 2. The Morgan fingerprint density at radius 3 is 2.52 bits per heavy atom. The maximum Gasteiger partial charge on any atom is 0.308 e. The Kier molecular flexibility index (Phi) is 6.55. The summed E-state index contributed by atoms with van der Waals surface area (Å²) in [5.41, 5.74) is 1.54. The number of nitrogens with one attached hydrogen (secondary N) is 1. The molecule has 0 spiro atoms. The molecule has 10 heteroatoms. The van der Waals surface area contributed by atoms with Crippen LogP contribution in [0.25, 0.3) is 10.2 Å². The normalized spacial score (nSPS) is 11.5. The zero-order chi connectivity index (χ0) is 23.6. The highest BCUT2D eigenvalue weighted by molar-refractivity contribution is 7.92. The van der Waals surface area contributed by atoms with Crippen molar-refractivity contribution in [2.24, 2.45) is 0 Å². The van der Waals surface area contributed by atoms with E-state index in [1.54, 1.807) is 59.2 Å². The first-order valence-electron chi connectivity index (χ1n) is 10.1. The van der Waals surface area contributed by atoms with Crippen molar-refractivity contribution in [1.29, 1.82) is 0 Å². The van der Waals surface area contributed by atoms with Gasteiger partial charge in [0.25, 0.3) is 10.0 Å². The third-order valence-corrected chi connectivity index (χ3v) is 7.95. The molecule has 1 heterocycles. The number of aryl methyl sites for hydroxylation is 1. The third kappa shape index (κ3) is 4.80. The molecule has 170 valence electrons. The fourth-order valence-corrected chi connectivity index (χ4v) is 6.05. The Bertz CT molecular complexity index is 1480. The number of amides is 1. The minimum Gasteiger partial charge on any atom is -0.324 e. The Morgan fingerprint density at radius 2 is 1.82 bits per heavy atom. The van der Waals surface area contributed by atoms with Crippen molar-refractivity contribution < 1.29 is 13.2 Å². The number of benzene rings is 3. The van der Waals surface area contributed by atoms with Gasteiger partial charge in [-0.25, -0.2) is 8.42 Å². The number of carbonyl (C=O) groups excluding carboxylic acids is 1. The molecule has 1 N–H and O–H groups in total. The van der Waals surface area contributed by atoms with Crippen LogP contribution in [0.2, 0.25) is 5.02 Å². The molecule has 0 saturated heterocycles. The highest BCUT2D eigenvalue weighted by Gasteiger charge is 2.27. The number of carbonyl (C=O) groups is 1. The molecule has 0 aliphatic carbocycles. The monoisotopic (exact) mass is 501 g/mol. The van der Waals surface area contributed by atoms with Crippen molar-refractivity contribution in [1.82, 2.24) is 4.57 Å². The van der Waals surface area contributed by atoms with Crippen LogP contribution in [0, 0.1) is 0 Å². The van der Waals surface area contributed by atoms with Gasteiger partial charge >= 0.3 is 4.87 Å². The van der Waals surface area contributed by atoms with Crippen LogP contribution < -0.4 is 14.5 Å². The number of halogens is 1. The first kappa shape index (κ1) is 23.0. The number of hydrogen-bond acceptors (Lipinski definition) is 5. The zero-order valence-electron chi connectivity index (χ0n) is 17.6. The van der Waals surface area contributed by atoms with Crippen LogP contribution in [-0.4, -0.2) is 25.4 Å². The van der Waals surface area contributed by atoms with Gasteiger partial charge in [0, 0.05) is 17.3 Å². The van der Waals surface area contributed by atoms with Crippen molar-refractivity contribution in [3.63, 3.8) is 0 Å². The molecular weight excluding hydrogens is 482 g/mol. The molecule has 0 atom stereocenters. The summed E-state index contributed by atoms with van der Waals surface area (Å²) in [6.07, 6.45) is 0. The quantitative estimate of drug-likeness (QED) is 0.401. The van der Waals surface area contributed by atoms with E-state index < -0.39 is 22.5 Å². The molecule has 33 heavy (non-hydrogen) atoms. The molecule has 0 aliphatic heterocycles. The second kappa shape index (κ2) is 9.38. The first-order valence-corrected chi connectivity index (χ1v) is 12.7. The molecule has 1 amide bonds. The van der Waals surface area contributed by atoms with Gasteiger partial charge in [-0.3, -0.25) is 18.5 Å². The number of nitrogens with zero attached hydrogens (tertiary/aromatic N) is 2. The van der Waals surface area contributed by atoms with Crippen LogP contribution in [0.1, 0.15) is 6.92 Å². The number of aromatic nitrogens is 1. The molecule has 0 radical (unpaired) electrons. The van der Waals surface area contributed by atoms with Gasteiger partial charge in [0.2, 0.25) is 5.91 Å². The molecule has 7 nitrogen and oxygen atoms in total. The van der Waals surface area contributed by atoms with Crippen molar-refractivity contribution in [2.45, 2.75) is 18.4 Å². The van der Waals surface area contributed by atoms with Crippen molar-refractivity contribution >= 4 is 60.5 Å². The Hall–Kier alpha value is -3.14. The van der Waals surface area contributed by atoms with Crippen molar-refractivity contribution in [2.75, 3.05) is 16.2 Å². The highest BCUT2D eigenvalue weighted by Crippen LogP contribution is 2.27. The van der Waals surface area contributed by atoms with E-state index in [0.29, 0.717) is 17.3 Å². The lowest BCUT2D eigenvalue weighted by Crippen LogP contribution is -2.38. The Labute approximate surface area is 199 Å². The minimum absolute atomic E-state index is 0.0601. The van der Waals surface area contributed by atoms with Gasteiger partial charge in [-0.1, -0.05) is 47.2 Å². The second-order valence-electron chi connectivity index (χ2n) is 7.15. The molecule has 3 aromatic carbocycles. The van der Waals surface area contributed by atoms with Crippen LogP contribution in [-0.2, 0) is 21.4 Å². The number of rotatable bonds is 7. The van der Waals surface area contributed by atoms with E-state index in [9.17, 15) is 18.0 Å². The summed E-state index contributed by atoms with van der Waals surface area (Å²) in [4.78, 5) is 25.0. The fraction of sp³-hybridized carbons (Fsp3) is 0.130. The summed E-state index contributed by atoms with van der Waals surface area (Å²) < 4.78 is 30.1. The number of thiazole rings is 1. The average Bonchev–Trinajstić information content (AvgIpc) is 3.12. The lowest BCUT2D eigenvalue weighted by Gasteiger charge is -2.24. The molecule has 4 rings (SSSR count).